The van der Waals surface area contributed by atoms with Crippen molar-refractivity contribution in [2.45, 2.75) is 0 Å². The summed E-state index contributed by atoms with van der Waals surface area (Å²) in [5, 5.41) is 0. The summed E-state index contributed by atoms with van der Waals surface area (Å²) in [6.07, 6.45) is 0. The Labute approximate surface area is 272 Å². The quantitative estimate of drug-likeness (QED) is 0.189. The molecule has 5 nitrogen and oxygen atoms in total. The lowest BCUT2D eigenvalue weighted by molar-refractivity contribution is 0.846. The van der Waals surface area contributed by atoms with Gasteiger partial charge < -0.3 is 0 Å². The van der Waals surface area contributed by atoms with Gasteiger partial charge in [-0.3, -0.25) is 9.13 Å². The Hall–Kier alpha value is -6.33. The first-order valence-corrected chi connectivity index (χ1v) is 15.6. The van der Waals surface area contributed by atoms with Gasteiger partial charge in [0, 0.05) is 23.7 Å². The van der Waals surface area contributed by atoms with Gasteiger partial charge in [-0.15, -0.1) is 0 Å². The van der Waals surface area contributed by atoms with E-state index in [4.69, 9.17) is 9.97 Å². The molecule has 0 unspecified atom stereocenters. The maximum Gasteiger partial charge on any atom is 0.333 e. The van der Waals surface area contributed by atoms with Crippen molar-refractivity contribution >= 4 is 11.0 Å². The third-order valence-corrected chi connectivity index (χ3v) is 8.63. The lowest BCUT2D eigenvalue weighted by Crippen LogP contribution is -2.20. The van der Waals surface area contributed by atoms with Gasteiger partial charge in [0.25, 0.3) is 0 Å². The van der Waals surface area contributed by atoms with Gasteiger partial charge in [0.15, 0.2) is 5.82 Å². The SMILES string of the molecule is Cn1c(=O)n(-c2ccccc2)c2cc(-c3ccc(-c4cc(-c5ccccc5)nc(-c5ccc(-c6ccccc6)cc5)n4)cc3)ccc21. The van der Waals surface area contributed by atoms with Crippen molar-refractivity contribution in [3.63, 3.8) is 0 Å². The minimum atomic E-state index is -0.0674. The van der Waals surface area contributed by atoms with E-state index in [0.717, 1.165) is 61.5 Å². The first-order chi connectivity index (χ1) is 23.1. The number of imidazole rings is 1. The summed E-state index contributed by atoms with van der Waals surface area (Å²) in [4.78, 5) is 23.2. The van der Waals surface area contributed by atoms with Crippen molar-refractivity contribution in [1.82, 2.24) is 19.1 Å². The Kier molecular flexibility index (Phi) is 7.12. The molecule has 2 heterocycles. The van der Waals surface area contributed by atoms with Gasteiger partial charge in [-0.1, -0.05) is 133 Å². The molecule has 0 amide bonds. The molecule has 0 spiro atoms. The fourth-order valence-electron chi connectivity index (χ4n) is 6.11. The van der Waals surface area contributed by atoms with Crippen LogP contribution in [-0.4, -0.2) is 19.1 Å². The highest BCUT2D eigenvalue weighted by atomic mass is 16.1. The van der Waals surface area contributed by atoms with Crippen LogP contribution in [-0.2, 0) is 7.05 Å². The van der Waals surface area contributed by atoms with E-state index >= 15 is 0 Å². The van der Waals surface area contributed by atoms with Crippen LogP contribution in [0, 0.1) is 0 Å². The van der Waals surface area contributed by atoms with E-state index in [1.165, 1.54) is 5.56 Å². The number of aryl methyl sites for hydroxylation is 1. The second-order valence-electron chi connectivity index (χ2n) is 11.6. The lowest BCUT2D eigenvalue weighted by atomic mass is 10.0. The van der Waals surface area contributed by atoms with Crippen LogP contribution in [0.4, 0.5) is 0 Å². The zero-order valence-corrected chi connectivity index (χ0v) is 25.8. The van der Waals surface area contributed by atoms with Gasteiger partial charge in [-0.2, -0.15) is 0 Å². The Balaban J connectivity index is 1.18. The van der Waals surface area contributed by atoms with Gasteiger partial charge >= 0.3 is 5.69 Å². The molecule has 0 aliphatic rings. The third-order valence-electron chi connectivity index (χ3n) is 8.63. The maximum absolute atomic E-state index is 13.2. The van der Waals surface area contributed by atoms with E-state index in [1.54, 1.807) is 9.13 Å². The number of benzene rings is 6. The van der Waals surface area contributed by atoms with Crippen molar-refractivity contribution in [3.05, 3.63) is 174 Å². The summed E-state index contributed by atoms with van der Waals surface area (Å²) in [5.74, 6) is 0.679. The number of para-hydroxylation sites is 1. The summed E-state index contributed by atoms with van der Waals surface area (Å²) in [5.41, 5.74) is 11.7. The summed E-state index contributed by atoms with van der Waals surface area (Å²) in [7, 11) is 1.82. The van der Waals surface area contributed by atoms with E-state index in [2.05, 4.69) is 103 Å². The molecule has 224 valence electrons. The minimum absolute atomic E-state index is 0.0674. The minimum Gasteiger partial charge on any atom is -0.295 e. The van der Waals surface area contributed by atoms with Crippen LogP contribution >= 0.6 is 0 Å². The molecule has 5 heteroatoms. The van der Waals surface area contributed by atoms with Crippen molar-refractivity contribution in [1.29, 1.82) is 0 Å². The highest BCUT2D eigenvalue weighted by Crippen LogP contribution is 2.31. The number of nitrogens with zero attached hydrogens (tertiary/aromatic N) is 4. The molecule has 0 saturated heterocycles. The van der Waals surface area contributed by atoms with Crippen LogP contribution in [0.15, 0.2) is 169 Å². The average Bonchev–Trinajstić information content (AvgIpc) is 3.40. The van der Waals surface area contributed by atoms with Crippen molar-refractivity contribution < 1.29 is 0 Å². The number of rotatable bonds is 6. The fraction of sp³-hybridized carbons (Fsp3) is 0.0238. The highest BCUT2D eigenvalue weighted by Gasteiger charge is 2.15. The number of fused-ring (bicyclic) bond motifs is 1. The number of hydrogen-bond donors (Lipinski definition) is 0. The Morgan fingerprint density at radius 1 is 0.426 bits per heavy atom. The monoisotopic (exact) mass is 606 g/mol. The van der Waals surface area contributed by atoms with E-state index < -0.39 is 0 Å². The molecule has 0 N–H and O–H groups in total. The molecule has 0 fully saturated rings. The van der Waals surface area contributed by atoms with E-state index in [-0.39, 0.29) is 5.69 Å². The Bertz CT molecular complexity index is 2390. The first kappa shape index (κ1) is 28.2. The van der Waals surface area contributed by atoms with E-state index in [1.807, 2.05) is 67.7 Å². The summed E-state index contributed by atoms with van der Waals surface area (Å²) in [6.45, 7) is 0. The lowest BCUT2D eigenvalue weighted by Gasteiger charge is -2.11. The number of aromatic nitrogens is 4. The molecular formula is C42H30N4O. The molecule has 0 bridgehead atoms. The van der Waals surface area contributed by atoms with Crippen molar-refractivity contribution in [3.8, 4) is 61.8 Å². The molecule has 2 aromatic heterocycles. The second-order valence-corrected chi connectivity index (χ2v) is 11.6. The molecule has 8 rings (SSSR count). The van der Waals surface area contributed by atoms with Crippen LogP contribution in [0.1, 0.15) is 0 Å². The van der Waals surface area contributed by atoms with E-state index in [0.29, 0.717) is 5.82 Å². The average molecular weight is 607 g/mol. The maximum atomic E-state index is 13.2. The Morgan fingerprint density at radius 2 is 0.872 bits per heavy atom. The molecule has 6 aromatic carbocycles. The van der Waals surface area contributed by atoms with Gasteiger partial charge in [0.2, 0.25) is 0 Å². The van der Waals surface area contributed by atoms with Crippen molar-refractivity contribution in [2.75, 3.05) is 0 Å². The predicted octanol–water partition coefficient (Wildman–Crippen LogP) is 9.45. The number of hydrogen-bond acceptors (Lipinski definition) is 3. The zero-order chi connectivity index (χ0) is 31.7. The standard InChI is InChI=1S/C42H30N4O/c1-45-39-26-25-35(27-40(39)46(42(45)47)36-15-9-4-10-16-36)31-17-21-33(22-18-31)38-28-37(32-13-7-3-8-14-32)43-41(44-38)34-23-19-30(20-24-34)29-11-5-2-6-12-29/h2-28H,1H3. The van der Waals surface area contributed by atoms with Crippen LogP contribution in [0.5, 0.6) is 0 Å². The van der Waals surface area contributed by atoms with Crippen LogP contribution < -0.4 is 5.69 Å². The molecular weight excluding hydrogens is 576 g/mol. The summed E-state index contributed by atoms with van der Waals surface area (Å²) in [6, 6.07) is 55.5. The smallest absolute Gasteiger partial charge is 0.295 e. The largest absolute Gasteiger partial charge is 0.333 e. The summed E-state index contributed by atoms with van der Waals surface area (Å²) < 4.78 is 3.47. The predicted molar refractivity (Wildman–Crippen MR) is 191 cm³/mol. The van der Waals surface area contributed by atoms with Gasteiger partial charge in [-0.05, 0) is 52.6 Å². The van der Waals surface area contributed by atoms with Crippen molar-refractivity contribution in [2.24, 2.45) is 7.05 Å². The molecule has 0 radical (unpaired) electrons. The van der Waals surface area contributed by atoms with Crippen LogP contribution in [0.3, 0.4) is 0 Å². The van der Waals surface area contributed by atoms with Gasteiger partial charge in [0.1, 0.15) is 0 Å². The van der Waals surface area contributed by atoms with Gasteiger partial charge in [0.05, 0.1) is 28.1 Å². The topological polar surface area (TPSA) is 52.7 Å². The van der Waals surface area contributed by atoms with Crippen LogP contribution in [0.2, 0.25) is 0 Å². The van der Waals surface area contributed by atoms with E-state index in [9.17, 15) is 4.79 Å². The summed E-state index contributed by atoms with van der Waals surface area (Å²) >= 11 is 0. The fourth-order valence-corrected chi connectivity index (χ4v) is 6.11. The molecule has 47 heavy (non-hydrogen) atoms. The molecule has 0 aliphatic heterocycles. The first-order valence-electron chi connectivity index (χ1n) is 15.6. The molecule has 0 aliphatic carbocycles. The normalized spacial score (nSPS) is 11.2. The molecule has 8 aromatic rings. The Morgan fingerprint density at radius 3 is 1.49 bits per heavy atom. The zero-order valence-electron chi connectivity index (χ0n) is 25.8. The van der Waals surface area contributed by atoms with Gasteiger partial charge in [-0.25, -0.2) is 14.8 Å². The highest BCUT2D eigenvalue weighted by molar-refractivity contribution is 5.85. The molecule has 0 atom stereocenters. The van der Waals surface area contributed by atoms with Crippen LogP contribution in [0.25, 0.3) is 72.9 Å². The third kappa shape index (κ3) is 5.34. The molecule has 0 saturated carbocycles. The second kappa shape index (κ2) is 11.9.